The van der Waals surface area contributed by atoms with Gasteiger partial charge in [0.25, 0.3) is 0 Å². The van der Waals surface area contributed by atoms with Crippen LogP contribution in [0.15, 0.2) is 231 Å². The fourth-order valence-electron chi connectivity index (χ4n) is 10.2. The van der Waals surface area contributed by atoms with Gasteiger partial charge in [0.05, 0.1) is 11.0 Å². The first-order valence-electron chi connectivity index (χ1n) is 21.4. The van der Waals surface area contributed by atoms with Crippen molar-refractivity contribution in [3.05, 3.63) is 231 Å². The molecule has 0 saturated carbocycles. The Morgan fingerprint density at radius 1 is 0.274 bits per heavy atom. The summed E-state index contributed by atoms with van der Waals surface area (Å²) >= 11 is 0. The lowest BCUT2D eigenvalue weighted by atomic mass is 9.95. The van der Waals surface area contributed by atoms with E-state index in [1.54, 1.807) is 0 Å². The van der Waals surface area contributed by atoms with Crippen LogP contribution in [0.4, 0.5) is 17.1 Å². The van der Waals surface area contributed by atoms with Gasteiger partial charge in [-0.1, -0.05) is 158 Å². The molecule has 0 amide bonds. The number of para-hydroxylation sites is 2. The van der Waals surface area contributed by atoms with E-state index in [2.05, 4.69) is 240 Å². The van der Waals surface area contributed by atoms with Crippen molar-refractivity contribution in [2.75, 3.05) is 4.90 Å². The van der Waals surface area contributed by atoms with Crippen LogP contribution in [-0.4, -0.2) is 4.57 Å². The Balaban J connectivity index is 0.959. The highest BCUT2D eigenvalue weighted by Gasteiger charge is 2.23. The van der Waals surface area contributed by atoms with Crippen molar-refractivity contribution in [1.29, 1.82) is 0 Å². The Bertz CT molecular complexity index is 3710. The minimum Gasteiger partial charge on any atom is -0.310 e. The summed E-state index contributed by atoms with van der Waals surface area (Å²) in [5, 5.41) is 10.2. The van der Waals surface area contributed by atoms with E-state index in [0.717, 1.165) is 22.7 Å². The molecule has 1 aliphatic carbocycles. The molecular weight excluding hydrogens is 749 g/mol. The fraction of sp³-hybridized carbons (Fsp3) is 0. The molecule has 2 heteroatoms. The average Bonchev–Trinajstić information content (AvgIpc) is 3.85. The highest BCUT2D eigenvalue weighted by atomic mass is 15.1. The zero-order valence-electron chi connectivity index (χ0n) is 33.8. The molecule has 1 heterocycles. The lowest BCUT2D eigenvalue weighted by Gasteiger charge is -2.27. The second-order valence-corrected chi connectivity index (χ2v) is 16.5. The predicted molar refractivity (Wildman–Crippen MR) is 263 cm³/mol. The zero-order chi connectivity index (χ0) is 40.7. The molecule has 12 aromatic rings. The fourth-order valence-corrected chi connectivity index (χ4v) is 10.2. The summed E-state index contributed by atoms with van der Waals surface area (Å²) < 4.78 is 2.40. The summed E-state index contributed by atoms with van der Waals surface area (Å²) in [5.41, 5.74) is 16.8. The standard InChI is InChI=1S/C60H38N2/c1-2-18-50-40(12-1)26-27-43-34-42(30-33-51(43)50)39-28-31-46(32-29-39)61(48-16-11-17-49(38-48)62-58-24-7-5-21-54(58)55-22-6-8-25-59(55)62)47-15-9-13-41(36-47)45-35-44-14-10-23-56-52-19-3-4-20-53(52)57(37-45)60(44)56/h1-38H. The first-order valence-corrected chi connectivity index (χ1v) is 21.4. The lowest BCUT2D eigenvalue weighted by molar-refractivity contribution is 1.17. The predicted octanol–water partition coefficient (Wildman–Crippen LogP) is 16.7. The molecule has 1 aromatic heterocycles. The van der Waals surface area contributed by atoms with E-state index in [0.29, 0.717) is 0 Å². The Labute approximate surface area is 359 Å². The number of rotatable bonds is 6. The minimum absolute atomic E-state index is 1.09. The van der Waals surface area contributed by atoms with Gasteiger partial charge in [0.15, 0.2) is 0 Å². The Hall–Kier alpha value is -8.20. The van der Waals surface area contributed by atoms with Crippen molar-refractivity contribution in [2.24, 2.45) is 0 Å². The third-order valence-electron chi connectivity index (χ3n) is 13.1. The number of aromatic nitrogens is 1. The van der Waals surface area contributed by atoms with Gasteiger partial charge in [-0.3, -0.25) is 0 Å². The smallest absolute Gasteiger partial charge is 0.0541 e. The Kier molecular flexibility index (Phi) is 7.64. The van der Waals surface area contributed by atoms with E-state index in [4.69, 9.17) is 0 Å². The summed E-state index contributed by atoms with van der Waals surface area (Å²) in [7, 11) is 0. The molecule has 288 valence electrons. The topological polar surface area (TPSA) is 8.17 Å². The van der Waals surface area contributed by atoms with Gasteiger partial charge in [-0.05, 0) is 150 Å². The van der Waals surface area contributed by atoms with Gasteiger partial charge in [-0.15, -0.1) is 0 Å². The van der Waals surface area contributed by atoms with E-state index in [1.807, 2.05) is 0 Å². The van der Waals surface area contributed by atoms with Gasteiger partial charge in [-0.2, -0.15) is 0 Å². The van der Waals surface area contributed by atoms with E-state index >= 15 is 0 Å². The molecule has 0 saturated heterocycles. The van der Waals surface area contributed by atoms with E-state index in [-0.39, 0.29) is 0 Å². The molecule has 11 aromatic carbocycles. The monoisotopic (exact) mass is 786 g/mol. The lowest BCUT2D eigenvalue weighted by Crippen LogP contribution is -2.10. The van der Waals surface area contributed by atoms with Gasteiger partial charge in [0, 0.05) is 33.5 Å². The molecule has 0 N–H and O–H groups in total. The number of anilines is 3. The molecule has 62 heavy (non-hydrogen) atoms. The third kappa shape index (κ3) is 5.37. The normalized spacial score (nSPS) is 11.9. The summed E-state index contributed by atoms with van der Waals surface area (Å²) in [6, 6.07) is 84.8. The molecule has 13 rings (SSSR count). The van der Waals surface area contributed by atoms with Gasteiger partial charge in [0.1, 0.15) is 0 Å². The number of fused-ring (bicyclic) bond motifs is 9. The van der Waals surface area contributed by atoms with Crippen LogP contribution < -0.4 is 4.90 Å². The second-order valence-electron chi connectivity index (χ2n) is 16.5. The zero-order valence-corrected chi connectivity index (χ0v) is 33.8. The molecule has 0 bridgehead atoms. The second kappa shape index (κ2) is 13.7. The third-order valence-corrected chi connectivity index (χ3v) is 13.1. The van der Waals surface area contributed by atoms with Crippen molar-refractivity contribution < 1.29 is 0 Å². The van der Waals surface area contributed by atoms with Crippen LogP contribution >= 0.6 is 0 Å². The van der Waals surface area contributed by atoms with Crippen LogP contribution in [0.25, 0.3) is 104 Å². The molecule has 0 aliphatic heterocycles. The van der Waals surface area contributed by atoms with Crippen molar-refractivity contribution in [2.45, 2.75) is 0 Å². The van der Waals surface area contributed by atoms with E-state index in [9.17, 15) is 0 Å². The van der Waals surface area contributed by atoms with Crippen molar-refractivity contribution in [3.8, 4) is 50.2 Å². The first-order chi connectivity index (χ1) is 30.7. The summed E-state index contributed by atoms with van der Waals surface area (Å²) in [6.07, 6.45) is 0. The highest BCUT2D eigenvalue weighted by molar-refractivity contribution is 6.16. The molecular formula is C60H38N2. The van der Waals surface area contributed by atoms with Gasteiger partial charge >= 0.3 is 0 Å². The highest BCUT2D eigenvalue weighted by Crippen LogP contribution is 2.49. The Morgan fingerprint density at radius 2 is 0.839 bits per heavy atom. The van der Waals surface area contributed by atoms with Crippen molar-refractivity contribution in [1.82, 2.24) is 4.57 Å². The van der Waals surface area contributed by atoms with Gasteiger partial charge < -0.3 is 9.47 Å². The van der Waals surface area contributed by atoms with Crippen molar-refractivity contribution in [3.63, 3.8) is 0 Å². The average molecular weight is 787 g/mol. The number of nitrogens with zero attached hydrogens (tertiary/aromatic N) is 2. The van der Waals surface area contributed by atoms with E-state index in [1.165, 1.54) is 98.6 Å². The van der Waals surface area contributed by atoms with Crippen LogP contribution in [-0.2, 0) is 0 Å². The maximum Gasteiger partial charge on any atom is 0.0541 e. The van der Waals surface area contributed by atoms with Crippen molar-refractivity contribution >= 4 is 71.2 Å². The number of benzene rings is 11. The molecule has 0 spiro atoms. The first kappa shape index (κ1) is 34.6. The maximum absolute atomic E-state index is 2.41. The minimum atomic E-state index is 1.09. The van der Waals surface area contributed by atoms with Gasteiger partial charge in [-0.25, -0.2) is 0 Å². The van der Waals surface area contributed by atoms with Crippen LogP contribution in [0.2, 0.25) is 0 Å². The molecule has 2 nitrogen and oxygen atoms in total. The van der Waals surface area contributed by atoms with Crippen LogP contribution in [0, 0.1) is 0 Å². The molecule has 0 atom stereocenters. The molecule has 1 aliphatic rings. The molecule has 0 unspecified atom stereocenters. The van der Waals surface area contributed by atoms with Crippen LogP contribution in [0.5, 0.6) is 0 Å². The molecule has 0 fully saturated rings. The van der Waals surface area contributed by atoms with Crippen LogP contribution in [0.3, 0.4) is 0 Å². The quantitative estimate of drug-likeness (QED) is 0.152. The number of hydrogen-bond donors (Lipinski definition) is 0. The summed E-state index contributed by atoms with van der Waals surface area (Å²) in [6.45, 7) is 0. The largest absolute Gasteiger partial charge is 0.310 e. The van der Waals surface area contributed by atoms with E-state index < -0.39 is 0 Å². The summed E-state index contributed by atoms with van der Waals surface area (Å²) in [4.78, 5) is 2.41. The summed E-state index contributed by atoms with van der Waals surface area (Å²) in [5.74, 6) is 0. The number of hydrogen-bond acceptors (Lipinski definition) is 1. The van der Waals surface area contributed by atoms with Gasteiger partial charge in [0.2, 0.25) is 0 Å². The Morgan fingerprint density at radius 3 is 1.65 bits per heavy atom. The van der Waals surface area contributed by atoms with Crippen LogP contribution in [0.1, 0.15) is 0 Å². The molecule has 0 radical (unpaired) electrons. The maximum atomic E-state index is 2.41. The SMILES string of the molecule is c1cc(-c2cc3c4c(cccc4c2)-c2ccccc2-3)cc(N(c2ccc(-c3ccc4c(ccc5ccccc54)c3)cc2)c2cccc(-n3c4ccccc4c4ccccc43)c2)c1.